The van der Waals surface area contributed by atoms with Gasteiger partial charge < -0.3 is 14.4 Å². The average Bonchev–Trinajstić information content (AvgIpc) is 2.78. The molecule has 2 N–H and O–H groups in total. The third-order valence-corrected chi connectivity index (χ3v) is 2.26. The van der Waals surface area contributed by atoms with Crippen LogP contribution >= 0.6 is 0 Å². The van der Waals surface area contributed by atoms with Crippen LogP contribution in [0.15, 0.2) is 0 Å². The summed E-state index contributed by atoms with van der Waals surface area (Å²) in [7, 11) is 0. The van der Waals surface area contributed by atoms with E-state index in [0.717, 1.165) is 0 Å². The minimum absolute atomic E-state index is 0.215. The highest BCUT2D eigenvalue weighted by molar-refractivity contribution is 5.87. The van der Waals surface area contributed by atoms with E-state index in [1.165, 1.54) is 0 Å². The molecule has 1 fully saturated rings. The molecule has 2 heterocycles. The van der Waals surface area contributed by atoms with Crippen LogP contribution in [0.3, 0.4) is 0 Å². The maximum Gasteiger partial charge on any atom is 0.337 e. The number of carbonyl (C=O) groups is 1. The Morgan fingerprint density at radius 3 is 3.06 bits per heavy atom. The summed E-state index contributed by atoms with van der Waals surface area (Å²) >= 11 is 0. The lowest BCUT2D eigenvalue weighted by atomic mass is 10.4. The van der Waals surface area contributed by atoms with Gasteiger partial charge in [-0.1, -0.05) is 0 Å². The van der Waals surface area contributed by atoms with Crippen molar-refractivity contribution in [1.29, 1.82) is 0 Å². The van der Waals surface area contributed by atoms with Crippen molar-refractivity contribution in [2.24, 2.45) is 0 Å². The van der Waals surface area contributed by atoms with E-state index in [1.54, 1.807) is 4.90 Å². The van der Waals surface area contributed by atoms with Gasteiger partial charge in [-0.25, -0.2) is 9.89 Å². The lowest BCUT2D eigenvalue weighted by molar-refractivity contribution is 0.0564. The van der Waals surface area contributed by atoms with E-state index in [0.29, 0.717) is 32.9 Å². The second-order valence-corrected chi connectivity index (χ2v) is 3.43. The van der Waals surface area contributed by atoms with Gasteiger partial charge in [-0.05, 0) is 6.92 Å². The maximum absolute atomic E-state index is 11.8. The van der Waals surface area contributed by atoms with Gasteiger partial charge in [0.05, 0.1) is 19.8 Å². The molecule has 1 aromatic heterocycles. The largest absolute Gasteiger partial charge is 0.463 e. The first-order chi connectivity index (χ1) is 8.29. The first-order valence-corrected chi connectivity index (χ1v) is 5.48. The van der Waals surface area contributed by atoms with E-state index in [4.69, 9.17) is 9.47 Å². The Balaban J connectivity index is 1.88. The number of nitrogens with zero attached hydrogens (tertiary/aromatic N) is 3. The SMILES string of the molecule is CCOc1n[nH]c(NC(=O)N2CCOCC2)n1. The molecule has 2 amide bonds. The molecule has 94 valence electrons. The standard InChI is InChI=1S/C9H15N5O3/c1-2-17-8-10-7(12-13-8)11-9(15)14-3-5-16-6-4-14/h2-6H2,1H3,(H2,10,11,12,13,15). The van der Waals surface area contributed by atoms with Crippen LogP contribution in [-0.2, 0) is 4.74 Å². The summed E-state index contributed by atoms with van der Waals surface area (Å²) in [6, 6.07) is 0.0114. The average molecular weight is 241 g/mol. The van der Waals surface area contributed by atoms with E-state index in [1.807, 2.05) is 6.92 Å². The Labute approximate surface area is 98.3 Å². The van der Waals surface area contributed by atoms with Crippen molar-refractivity contribution in [3.63, 3.8) is 0 Å². The Morgan fingerprint density at radius 1 is 1.59 bits per heavy atom. The zero-order valence-corrected chi connectivity index (χ0v) is 9.60. The molecular weight excluding hydrogens is 226 g/mol. The molecule has 0 bridgehead atoms. The van der Waals surface area contributed by atoms with E-state index < -0.39 is 0 Å². The fraction of sp³-hybridized carbons (Fsp3) is 0.667. The van der Waals surface area contributed by atoms with Crippen LogP contribution in [-0.4, -0.2) is 59.0 Å². The van der Waals surface area contributed by atoms with Crippen molar-refractivity contribution in [1.82, 2.24) is 20.1 Å². The number of ether oxygens (including phenoxy) is 2. The third kappa shape index (κ3) is 3.06. The van der Waals surface area contributed by atoms with Crippen LogP contribution in [0.4, 0.5) is 10.7 Å². The van der Waals surface area contributed by atoms with Gasteiger partial charge in [0.25, 0.3) is 0 Å². The van der Waals surface area contributed by atoms with E-state index in [2.05, 4.69) is 20.5 Å². The Kier molecular flexibility index (Phi) is 3.76. The number of anilines is 1. The van der Waals surface area contributed by atoms with Crippen molar-refractivity contribution in [2.75, 3.05) is 38.2 Å². The summed E-state index contributed by atoms with van der Waals surface area (Å²) < 4.78 is 10.2. The molecule has 17 heavy (non-hydrogen) atoms. The second kappa shape index (κ2) is 5.48. The number of carbonyl (C=O) groups excluding carboxylic acids is 1. The molecule has 0 radical (unpaired) electrons. The number of hydrogen-bond acceptors (Lipinski definition) is 5. The van der Waals surface area contributed by atoms with Gasteiger partial charge in [0.2, 0.25) is 5.95 Å². The highest BCUT2D eigenvalue weighted by Crippen LogP contribution is 2.07. The molecule has 0 spiro atoms. The molecule has 0 aliphatic carbocycles. The van der Waals surface area contributed by atoms with Gasteiger partial charge in [0.15, 0.2) is 0 Å². The van der Waals surface area contributed by atoms with E-state index >= 15 is 0 Å². The number of amides is 2. The van der Waals surface area contributed by atoms with E-state index in [9.17, 15) is 4.79 Å². The van der Waals surface area contributed by atoms with Crippen LogP contribution in [0.1, 0.15) is 6.92 Å². The highest BCUT2D eigenvalue weighted by Gasteiger charge is 2.18. The van der Waals surface area contributed by atoms with Crippen molar-refractivity contribution in [2.45, 2.75) is 6.92 Å². The fourth-order valence-corrected chi connectivity index (χ4v) is 1.44. The molecule has 1 aliphatic heterocycles. The minimum Gasteiger partial charge on any atom is -0.463 e. The zero-order valence-electron chi connectivity index (χ0n) is 9.60. The number of H-pyrrole nitrogens is 1. The summed E-state index contributed by atoms with van der Waals surface area (Å²) in [5.74, 6) is 0.282. The summed E-state index contributed by atoms with van der Waals surface area (Å²) in [6.07, 6.45) is 0. The van der Waals surface area contributed by atoms with Gasteiger partial charge in [0.1, 0.15) is 0 Å². The fourth-order valence-electron chi connectivity index (χ4n) is 1.44. The molecule has 8 nitrogen and oxygen atoms in total. The summed E-state index contributed by atoms with van der Waals surface area (Å²) in [4.78, 5) is 17.4. The molecule has 0 unspecified atom stereocenters. The van der Waals surface area contributed by atoms with Crippen molar-refractivity contribution in [3.05, 3.63) is 0 Å². The molecule has 0 aromatic carbocycles. The Morgan fingerprint density at radius 2 is 2.35 bits per heavy atom. The smallest absolute Gasteiger partial charge is 0.337 e. The van der Waals surface area contributed by atoms with Crippen LogP contribution in [0.5, 0.6) is 6.01 Å². The van der Waals surface area contributed by atoms with Gasteiger partial charge >= 0.3 is 12.0 Å². The first-order valence-electron chi connectivity index (χ1n) is 5.48. The molecule has 0 saturated carbocycles. The predicted molar refractivity (Wildman–Crippen MR) is 59.0 cm³/mol. The molecule has 1 saturated heterocycles. The van der Waals surface area contributed by atoms with Crippen molar-refractivity contribution in [3.8, 4) is 6.01 Å². The number of morpholine rings is 1. The topological polar surface area (TPSA) is 92.4 Å². The van der Waals surface area contributed by atoms with E-state index in [-0.39, 0.29) is 18.0 Å². The number of urea groups is 1. The number of aromatic nitrogens is 3. The lowest BCUT2D eigenvalue weighted by Crippen LogP contribution is -2.43. The quantitative estimate of drug-likeness (QED) is 0.781. The zero-order chi connectivity index (χ0) is 12.1. The van der Waals surface area contributed by atoms with Crippen LogP contribution in [0, 0.1) is 0 Å². The Hall–Kier alpha value is -1.83. The Bertz CT molecular complexity index is 374. The predicted octanol–water partition coefficient (Wildman–Crippen LogP) is 0.0675. The van der Waals surface area contributed by atoms with Crippen molar-refractivity contribution >= 4 is 12.0 Å². The summed E-state index contributed by atoms with van der Waals surface area (Å²) in [5, 5.41) is 8.99. The normalized spacial score (nSPS) is 15.7. The summed E-state index contributed by atoms with van der Waals surface area (Å²) in [5.41, 5.74) is 0. The highest BCUT2D eigenvalue weighted by atomic mass is 16.5. The monoisotopic (exact) mass is 241 g/mol. The number of aromatic amines is 1. The van der Waals surface area contributed by atoms with Gasteiger partial charge in [0, 0.05) is 13.1 Å². The van der Waals surface area contributed by atoms with Crippen molar-refractivity contribution < 1.29 is 14.3 Å². The molecular formula is C9H15N5O3. The molecule has 2 rings (SSSR count). The number of rotatable bonds is 3. The van der Waals surface area contributed by atoms with Crippen LogP contribution < -0.4 is 10.1 Å². The number of nitrogens with one attached hydrogen (secondary N) is 2. The van der Waals surface area contributed by atoms with Crippen LogP contribution in [0.2, 0.25) is 0 Å². The van der Waals surface area contributed by atoms with Gasteiger partial charge in [-0.2, -0.15) is 4.98 Å². The first kappa shape index (κ1) is 11.6. The molecule has 1 aromatic rings. The van der Waals surface area contributed by atoms with Gasteiger partial charge in [-0.3, -0.25) is 5.32 Å². The lowest BCUT2D eigenvalue weighted by Gasteiger charge is -2.26. The van der Waals surface area contributed by atoms with Crippen LogP contribution in [0.25, 0.3) is 0 Å². The minimum atomic E-state index is -0.215. The molecule has 1 aliphatic rings. The second-order valence-electron chi connectivity index (χ2n) is 3.43. The van der Waals surface area contributed by atoms with Gasteiger partial charge in [-0.15, -0.1) is 5.10 Å². The molecule has 8 heteroatoms. The third-order valence-electron chi connectivity index (χ3n) is 2.26. The summed E-state index contributed by atoms with van der Waals surface area (Å²) in [6.45, 7) is 4.61. The maximum atomic E-state index is 11.8. The number of hydrogen-bond donors (Lipinski definition) is 2. The molecule has 0 atom stereocenters.